The normalized spacial score (nSPS) is 16.7. The molecule has 1 aromatic rings. The third kappa shape index (κ3) is 8.35. The van der Waals surface area contributed by atoms with Gasteiger partial charge >= 0.3 is 0 Å². The monoisotopic (exact) mass is 473 g/mol. The Bertz CT molecular complexity index is 780. The average Bonchev–Trinajstić information content (AvgIpc) is 2.72. The van der Waals surface area contributed by atoms with Gasteiger partial charge in [-0.15, -0.1) is 0 Å². The standard InChI is InChI=1S/C22H36ClN3O4S/c1-18(2)17-21(22(24)27)26(31(28,29)20-9-7-19(23)8-10-20)12-6-4-3-5-11-25-13-15-30-16-14-25/h7-10,18,21H,3-6,11-17H2,1-2H3,(H2,24,27)/t21-/m1/s1. The first kappa shape index (κ1) is 26.1. The molecule has 0 aliphatic carbocycles. The van der Waals surface area contributed by atoms with Gasteiger partial charge in [0.1, 0.15) is 6.04 Å². The summed E-state index contributed by atoms with van der Waals surface area (Å²) in [4.78, 5) is 14.7. The number of sulfonamides is 1. The van der Waals surface area contributed by atoms with Gasteiger partial charge in [0.2, 0.25) is 15.9 Å². The Hall–Kier alpha value is -1.19. The van der Waals surface area contributed by atoms with Gasteiger partial charge in [0.05, 0.1) is 18.1 Å². The molecule has 1 aliphatic rings. The molecule has 2 rings (SSSR count). The molecule has 1 aromatic carbocycles. The number of ether oxygens (including phenoxy) is 1. The molecule has 1 atom stereocenters. The van der Waals surface area contributed by atoms with Crippen LogP contribution >= 0.6 is 11.6 Å². The summed E-state index contributed by atoms with van der Waals surface area (Å²) in [6.07, 6.45) is 4.04. The van der Waals surface area contributed by atoms with Crippen molar-refractivity contribution in [2.45, 2.75) is 56.9 Å². The van der Waals surface area contributed by atoms with Crippen LogP contribution < -0.4 is 5.73 Å². The Balaban J connectivity index is 2.01. The van der Waals surface area contributed by atoms with Gasteiger partial charge in [-0.25, -0.2) is 8.42 Å². The fourth-order valence-electron chi connectivity index (χ4n) is 3.79. The van der Waals surface area contributed by atoms with Crippen molar-refractivity contribution in [3.8, 4) is 0 Å². The molecular formula is C22H36ClN3O4S. The fraction of sp³-hybridized carbons (Fsp3) is 0.682. The number of amides is 1. The van der Waals surface area contributed by atoms with E-state index in [4.69, 9.17) is 22.1 Å². The number of nitrogens with two attached hydrogens (primary N) is 1. The highest BCUT2D eigenvalue weighted by Crippen LogP contribution is 2.24. The second-order valence-electron chi connectivity index (χ2n) is 8.49. The molecule has 176 valence electrons. The zero-order chi connectivity index (χ0) is 22.9. The van der Waals surface area contributed by atoms with Crippen molar-refractivity contribution in [1.82, 2.24) is 9.21 Å². The van der Waals surface area contributed by atoms with E-state index in [1.165, 1.54) is 16.4 Å². The number of benzene rings is 1. The van der Waals surface area contributed by atoms with Crippen molar-refractivity contribution in [2.75, 3.05) is 39.4 Å². The van der Waals surface area contributed by atoms with Gasteiger partial charge in [0.15, 0.2) is 0 Å². The number of primary amides is 1. The molecule has 0 saturated carbocycles. The molecule has 2 N–H and O–H groups in total. The van der Waals surface area contributed by atoms with Crippen LogP contribution in [0.3, 0.4) is 0 Å². The number of unbranched alkanes of at least 4 members (excludes halogenated alkanes) is 3. The molecule has 1 saturated heterocycles. The fourth-order valence-corrected chi connectivity index (χ4v) is 5.56. The second kappa shape index (κ2) is 12.7. The maximum Gasteiger partial charge on any atom is 0.243 e. The Labute approximate surface area is 191 Å². The van der Waals surface area contributed by atoms with E-state index in [2.05, 4.69) is 4.90 Å². The van der Waals surface area contributed by atoms with Gasteiger partial charge in [0, 0.05) is 24.7 Å². The van der Waals surface area contributed by atoms with E-state index in [0.29, 0.717) is 17.9 Å². The molecule has 1 fully saturated rings. The first-order valence-corrected chi connectivity index (χ1v) is 12.9. The predicted molar refractivity (Wildman–Crippen MR) is 124 cm³/mol. The van der Waals surface area contributed by atoms with Gasteiger partial charge in [0.25, 0.3) is 0 Å². The molecule has 0 bridgehead atoms. The van der Waals surface area contributed by atoms with E-state index < -0.39 is 22.0 Å². The van der Waals surface area contributed by atoms with Crippen molar-refractivity contribution in [1.29, 1.82) is 0 Å². The summed E-state index contributed by atoms with van der Waals surface area (Å²) in [5, 5.41) is 0.458. The third-order valence-corrected chi connectivity index (χ3v) is 7.67. The minimum Gasteiger partial charge on any atom is -0.379 e. The zero-order valence-electron chi connectivity index (χ0n) is 18.6. The van der Waals surface area contributed by atoms with Crippen LogP contribution in [0, 0.1) is 5.92 Å². The molecule has 7 nitrogen and oxygen atoms in total. The Kier molecular flexibility index (Phi) is 10.7. The number of nitrogens with zero attached hydrogens (tertiary/aromatic N) is 2. The predicted octanol–water partition coefficient (Wildman–Crippen LogP) is 3.12. The molecule has 0 radical (unpaired) electrons. The minimum absolute atomic E-state index is 0.124. The number of rotatable bonds is 13. The molecular weight excluding hydrogens is 438 g/mol. The van der Waals surface area contributed by atoms with Crippen molar-refractivity contribution in [3.63, 3.8) is 0 Å². The van der Waals surface area contributed by atoms with Crippen LogP contribution in [0.5, 0.6) is 0 Å². The maximum atomic E-state index is 13.4. The van der Waals surface area contributed by atoms with Gasteiger partial charge in [-0.05, 0) is 56.0 Å². The van der Waals surface area contributed by atoms with Gasteiger partial charge in [-0.3, -0.25) is 9.69 Å². The first-order chi connectivity index (χ1) is 14.7. The summed E-state index contributed by atoms with van der Waals surface area (Å²) in [5.74, 6) is -0.479. The van der Waals surface area contributed by atoms with E-state index in [9.17, 15) is 13.2 Å². The number of halogens is 1. The summed E-state index contributed by atoms with van der Waals surface area (Å²) >= 11 is 5.92. The van der Waals surface area contributed by atoms with Crippen LogP contribution in [-0.4, -0.2) is 69.0 Å². The number of hydrogen-bond acceptors (Lipinski definition) is 5. The zero-order valence-corrected chi connectivity index (χ0v) is 20.2. The Morgan fingerprint density at radius 1 is 1.13 bits per heavy atom. The largest absolute Gasteiger partial charge is 0.379 e. The van der Waals surface area contributed by atoms with E-state index in [0.717, 1.165) is 52.1 Å². The quantitative estimate of drug-likeness (QED) is 0.444. The summed E-state index contributed by atoms with van der Waals surface area (Å²) in [7, 11) is -3.87. The molecule has 0 spiro atoms. The Morgan fingerprint density at radius 3 is 2.32 bits per heavy atom. The van der Waals surface area contributed by atoms with E-state index in [1.54, 1.807) is 12.1 Å². The van der Waals surface area contributed by atoms with Crippen molar-refractivity contribution in [3.05, 3.63) is 29.3 Å². The van der Waals surface area contributed by atoms with Crippen LogP contribution in [0.25, 0.3) is 0 Å². The summed E-state index contributed by atoms with van der Waals surface area (Å²) in [5.41, 5.74) is 5.64. The van der Waals surface area contributed by atoms with Crippen LogP contribution in [0.2, 0.25) is 5.02 Å². The van der Waals surface area contributed by atoms with Crippen molar-refractivity contribution in [2.24, 2.45) is 11.7 Å². The maximum absolute atomic E-state index is 13.4. The molecule has 1 aliphatic heterocycles. The molecule has 1 amide bonds. The molecule has 1 heterocycles. The molecule has 0 aromatic heterocycles. The van der Waals surface area contributed by atoms with Gasteiger partial charge in [-0.1, -0.05) is 38.3 Å². The first-order valence-electron chi connectivity index (χ1n) is 11.1. The van der Waals surface area contributed by atoms with Crippen LogP contribution in [0.15, 0.2) is 29.2 Å². The number of carbonyl (C=O) groups excluding carboxylic acids is 1. The third-order valence-electron chi connectivity index (χ3n) is 5.50. The highest BCUT2D eigenvalue weighted by atomic mass is 35.5. The molecule has 9 heteroatoms. The minimum atomic E-state index is -3.87. The lowest BCUT2D eigenvalue weighted by Gasteiger charge is -2.30. The van der Waals surface area contributed by atoms with Crippen molar-refractivity contribution >= 4 is 27.5 Å². The van der Waals surface area contributed by atoms with Crippen LogP contribution in [0.4, 0.5) is 0 Å². The van der Waals surface area contributed by atoms with E-state index in [1.807, 2.05) is 13.8 Å². The van der Waals surface area contributed by atoms with Crippen molar-refractivity contribution < 1.29 is 17.9 Å². The van der Waals surface area contributed by atoms with Crippen LogP contribution in [0.1, 0.15) is 46.0 Å². The molecule has 31 heavy (non-hydrogen) atoms. The Morgan fingerprint density at radius 2 is 1.74 bits per heavy atom. The summed E-state index contributed by atoms with van der Waals surface area (Å²) in [6, 6.07) is 5.16. The lowest BCUT2D eigenvalue weighted by Crippen LogP contribution is -2.48. The topological polar surface area (TPSA) is 92.9 Å². The molecule has 0 unspecified atom stereocenters. The lowest BCUT2D eigenvalue weighted by molar-refractivity contribution is -0.122. The summed E-state index contributed by atoms with van der Waals surface area (Å²) < 4.78 is 33.4. The number of carbonyl (C=O) groups is 1. The number of morpholine rings is 1. The SMILES string of the molecule is CC(C)C[C@H](C(N)=O)N(CCCCCCN1CCOCC1)S(=O)(=O)c1ccc(Cl)cc1. The van der Waals surface area contributed by atoms with E-state index >= 15 is 0 Å². The second-order valence-corrected chi connectivity index (χ2v) is 10.8. The van der Waals surface area contributed by atoms with Gasteiger partial charge in [-0.2, -0.15) is 4.31 Å². The summed E-state index contributed by atoms with van der Waals surface area (Å²) in [6.45, 7) is 8.74. The van der Waals surface area contributed by atoms with E-state index in [-0.39, 0.29) is 17.4 Å². The van der Waals surface area contributed by atoms with Gasteiger partial charge < -0.3 is 10.5 Å². The number of hydrogen-bond donors (Lipinski definition) is 1. The van der Waals surface area contributed by atoms with Crippen LogP contribution in [-0.2, 0) is 19.6 Å². The average molecular weight is 474 g/mol. The highest BCUT2D eigenvalue weighted by molar-refractivity contribution is 7.89. The highest BCUT2D eigenvalue weighted by Gasteiger charge is 2.34. The smallest absolute Gasteiger partial charge is 0.243 e. The lowest BCUT2D eigenvalue weighted by atomic mass is 10.0.